The van der Waals surface area contributed by atoms with Gasteiger partial charge in [0.2, 0.25) is 10.0 Å². The van der Waals surface area contributed by atoms with Gasteiger partial charge in [-0.1, -0.05) is 36.9 Å². The van der Waals surface area contributed by atoms with Crippen LogP contribution in [-0.2, 0) is 19.6 Å². The predicted octanol–water partition coefficient (Wildman–Crippen LogP) is 1.94. The second-order valence-electron chi connectivity index (χ2n) is 5.98. The molecular formula is C18H17N3O4S. The molecule has 0 radical (unpaired) electrons. The molecule has 0 spiro atoms. The zero-order valence-electron chi connectivity index (χ0n) is 14.0. The van der Waals surface area contributed by atoms with Gasteiger partial charge >= 0.3 is 0 Å². The molecule has 3 N–H and O–H groups in total. The Morgan fingerprint density at radius 2 is 1.85 bits per heavy atom. The largest absolute Gasteiger partial charge is 0.322 e. The number of amides is 2. The molecule has 0 saturated carbocycles. The van der Waals surface area contributed by atoms with E-state index in [1.54, 1.807) is 31.2 Å². The maximum atomic E-state index is 12.8. The average molecular weight is 371 g/mol. The van der Waals surface area contributed by atoms with E-state index < -0.39 is 27.9 Å². The number of carbonyl (C=O) groups is 2. The zero-order valence-corrected chi connectivity index (χ0v) is 14.8. The van der Waals surface area contributed by atoms with Crippen LogP contribution >= 0.6 is 0 Å². The highest BCUT2D eigenvalue weighted by atomic mass is 32.2. The van der Waals surface area contributed by atoms with Gasteiger partial charge in [-0.25, -0.2) is 13.6 Å². The molecular weight excluding hydrogens is 354 g/mol. The number of fused-ring (bicyclic) bond motifs is 1. The summed E-state index contributed by atoms with van der Waals surface area (Å²) in [6.45, 7) is 5.23. The highest BCUT2D eigenvalue weighted by Gasteiger charge is 2.38. The van der Waals surface area contributed by atoms with E-state index in [9.17, 15) is 18.0 Å². The van der Waals surface area contributed by atoms with Gasteiger partial charge in [0.1, 0.15) is 6.04 Å². The second kappa shape index (κ2) is 6.40. The molecule has 1 aliphatic heterocycles. The van der Waals surface area contributed by atoms with Crippen molar-refractivity contribution in [1.29, 1.82) is 0 Å². The van der Waals surface area contributed by atoms with Gasteiger partial charge in [-0.2, -0.15) is 0 Å². The first kappa shape index (κ1) is 17.8. The van der Waals surface area contributed by atoms with Crippen molar-refractivity contribution in [3.63, 3.8) is 0 Å². The first-order chi connectivity index (χ1) is 12.2. The maximum absolute atomic E-state index is 12.8. The summed E-state index contributed by atoms with van der Waals surface area (Å²) >= 11 is 0. The lowest BCUT2D eigenvalue weighted by atomic mass is 9.99. The Bertz CT molecular complexity index is 1020. The number of nitrogens with zero attached hydrogens (tertiary/aromatic N) is 1. The van der Waals surface area contributed by atoms with Crippen molar-refractivity contribution in [2.24, 2.45) is 5.14 Å². The SMILES string of the molecule is C=C(C)C(=O)N1c2ccc(S(N)(=O)=O)cc2NC(=O)C1c1ccccc1. The van der Waals surface area contributed by atoms with Crippen LogP contribution in [0.3, 0.4) is 0 Å². The van der Waals surface area contributed by atoms with Gasteiger partial charge < -0.3 is 5.32 Å². The van der Waals surface area contributed by atoms with Crippen LogP contribution in [0, 0.1) is 0 Å². The lowest BCUT2D eigenvalue weighted by molar-refractivity contribution is -0.122. The summed E-state index contributed by atoms with van der Waals surface area (Å²) in [5, 5.41) is 7.81. The predicted molar refractivity (Wildman–Crippen MR) is 97.9 cm³/mol. The van der Waals surface area contributed by atoms with Gasteiger partial charge in [-0.15, -0.1) is 0 Å². The minimum atomic E-state index is -3.95. The van der Waals surface area contributed by atoms with Crippen molar-refractivity contribution in [2.75, 3.05) is 10.2 Å². The van der Waals surface area contributed by atoms with E-state index in [4.69, 9.17) is 5.14 Å². The summed E-state index contributed by atoms with van der Waals surface area (Å²) in [5.74, 6) is -0.886. The molecule has 0 saturated heterocycles. The van der Waals surface area contributed by atoms with Gasteiger partial charge in [-0.05, 0) is 30.7 Å². The Kier molecular flexibility index (Phi) is 4.39. The van der Waals surface area contributed by atoms with Crippen LogP contribution in [0.1, 0.15) is 18.5 Å². The molecule has 1 unspecified atom stereocenters. The third-order valence-corrected chi connectivity index (χ3v) is 4.93. The van der Waals surface area contributed by atoms with Crippen molar-refractivity contribution in [3.05, 3.63) is 66.2 Å². The van der Waals surface area contributed by atoms with E-state index in [1.165, 1.54) is 23.1 Å². The number of benzene rings is 2. The van der Waals surface area contributed by atoms with Crippen LogP contribution in [0.2, 0.25) is 0 Å². The summed E-state index contributed by atoms with van der Waals surface area (Å²) in [7, 11) is -3.95. The molecule has 0 fully saturated rings. The number of rotatable bonds is 3. The summed E-state index contributed by atoms with van der Waals surface area (Å²) in [5.41, 5.74) is 1.45. The molecule has 0 aliphatic carbocycles. The molecule has 1 heterocycles. The third-order valence-electron chi connectivity index (χ3n) is 4.02. The molecule has 26 heavy (non-hydrogen) atoms. The molecule has 1 aliphatic rings. The number of primary sulfonamides is 1. The van der Waals surface area contributed by atoms with Crippen molar-refractivity contribution in [3.8, 4) is 0 Å². The summed E-state index contributed by atoms with van der Waals surface area (Å²) in [4.78, 5) is 26.7. The number of hydrogen-bond donors (Lipinski definition) is 2. The monoisotopic (exact) mass is 371 g/mol. The molecule has 8 heteroatoms. The van der Waals surface area contributed by atoms with Crippen LogP contribution in [0.25, 0.3) is 0 Å². The Hall–Kier alpha value is -2.97. The van der Waals surface area contributed by atoms with Gasteiger partial charge in [0.05, 0.1) is 16.3 Å². The fourth-order valence-electron chi connectivity index (χ4n) is 2.83. The first-order valence-electron chi connectivity index (χ1n) is 7.72. The number of anilines is 2. The van der Waals surface area contributed by atoms with Gasteiger partial charge in [0.15, 0.2) is 0 Å². The lowest BCUT2D eigenvalue weighted by Crippen LogP contribution is -2.45. The molecule has 134 valence electrons. The van der Waals surface area contributed by atoms with E-state index in [0.717, 1.165) is 0 Å². The molecule has 7 nitrogen and oxygen atoms in total. The molecule has 2 aromatic rings. The summed E-state index contributed by atoms with van der Waals surface area (Å²) in [6.07, 6.45) is 0. The molecule has 0 aromatic heterocycles. The quantitative estimate of drug-likeness (QED) is 0.803. The van der Waals surface area contributed by atoms with Gasteiger partial charge in [0, 0.05) is 5.57 Å². The fraction of sp³-hybridized carbons (Fsp3) is 0.111. The molecule has 2 amide bonds. The Labute approximate surface area is 151 Å². The molecule has 3 rings (SSSR count). The third kappa shape index (κ3) is 3.12. The average Bonchev–Trinajstić information content (AvgIpc) is 2.59. The molecule has 2 aromatic carbocycles. The van der Waals surface area contributed by atoms with E-state index in [2.05, 4.69) is 11.9 Å². The highest BCUT2D eigenvalue weighted by Crippen LogP contribution is 2.40. The van der Waals surface area contributed by atoms with Crippen molar-refractivity contribution in [2.45, 2.75) is 17.9 Å². The van der Waals surface area contributed by atoms with Crippen LogP contribution < -0.4 is 15.4 Å². The minimum Gasteiger partial charge on any atom is -0.322 e. The number of carbonyl (C=O) groups excluding carboxylic acids is 2. The topological polar surface area (TPSA) is 110 Å². The van der Waals surface area contributed by atoms with Crippen LogP contribution in [0.4, 0.5) is 11.4 Å². The van der Waals surface area contributed by atoms with Crippen molar-refractivity contribution >= 4 is 33.2 Å². The van der Waals surface area contributed by atoms with Crippen molar-refractivity contribution < 1.29 is 18.0 Å². The number of hydrogen-bond acceptors (Lipinski definition) is 4. The standard InChI is InChI=1S/C18H17N3O4S/c1-11(2)18(23)21-15-9-8-13(26(19,24)25)10-14(15)20-17(22)16(21)12-6-4-3-5-7-12/h3-10,16H,1H2,2H3,(H,20,22)(H2,19,24,25). The van der Waals surface area contributed by atoms with E-state index in [0.29, 0.717) is 11.3 Å². The maximum Gasteiger partial charge on any atom is 0.254 e. The summed E-state index contributed by atoms with van der Waals surface area (Å²) in [6, 6.07) is 11.9. The number of sulfonamides is 1. The minimum absolute atomic E-state index is 0.155. The van der Waals surface area contributed by atoms with E-state index >= 15 is 0 Å². The highest BCUT2D eigenvalue weighted by molar-refractivity contribution is 7.89. The van der Waals surface area contributed by atoms with E-state index in [-0.39, 0.29) is 16.2 Å². The summed E-state index contributed by atoms with van der Waals surface area (Å²) < 4.78 is 23.2. The smallest absolute Gasteiger partial charge is 0.254 e. The van der Waals surface area contributed by atoms with E-state index in [1.807, 2.05) is 6.07 Å². The zero-order chi connectivity index (χ0) is 19.1. The van der Waals surface area contributed by atoms with Crippen LogP contribution in [-0.4, -0.2) is 20.2 Å². The second-order valence-corrected chi connectivity index (χ2v) is 7.54. The molecule has 1 atom stereocenters. The Morgan fingerprint density at radius 3 is 2.42 bits per heavy atom. The number of nitrogens with one attached hydrogen (secondary N) is 1. The normalized spacial score (nSPS) is 16.6. The molecule has 0 bridgehead atoms. The Morgan fingerprint density at radius 1 is 1.19 bits per heavy atom. The first-order valence-corrected chi connectivity index (χ1v) is 9.26. The van der Waals surface area contributed by atoms with Gasteiger partial charge in [-0.3, -0.25) is 14.5 Å². The van der Waals surface area contributed by atoms with Gasteiger partial charge in [0.25, 0.3) is 11.8 Å². The van der Waals surface area contributed by atoms with Crippen molar-refractivity contribution in [1.82, 2.24) is 0 Å². The fourth-order valence-corrected chi connectivity index (χ4v) is 3.37. The Balaban J connectivity index is 2.21. The number of nitrogens with two attached hydrogens (primary N) is 1. The lowest BCUT2D eigenvalue weighted by Gasteiger charge is -2.37. The van der Waals surface area contributed by atoms with Crippen LogP contribution in [0.5, 0.6) is 0 Å². The van der Waals surface area contributed by atoms with Crippen LogP contribution in [0.15, 0.2) is 65.6 Å².